The van der Waals surface area contributed by atoms with Crippen molar-refractivity contribution in [3.05, 3.63) is 35.4 Å². The highest BCUT2D eigenvalue weighted by Gasteiger charge is 2.27. The Morgan fingerprint density at radius 3 is 2.38 bits per heavy atom. The first-order chi connectivity index (χ1) is 10.1. The van der Waals surface area contributed by atoms with Gasteiger partial charge in [-0.25, -0.2) is 9.59 Å². The maximum Gasteiger partial charge on any atom is 0.339 e. The molecule has 1 aromatic carbocycles. The van der Waals surface area contributed by atoms with Crippen molar-refractivity contribution in [2.75, 3.05) is 0 Å². The number of benzene rings is 1. The van der Waals surface area contributed by atoms with E-state index in [0.717, 1.165) is 19.3 Å². The number of ether oxygens (including phenoxy) is 1. The summed E-state index contributed by atoms with van der Waals surface area (Å²) >= 11 is 0. The number of hydrogen-bond donors (Lipinski definition) is 1. The van der Waals surface area contributed by atoms with E-state index in [1.165, 1.54) is 31.4 Å². The van der Waals surface area contributed by atoms with Crippen LogP contribution in [0.2, 0.25) is 0 Å². The van der Waals surface area contributed by atoms with E-state index in [0.29, 0.717) is 5.92 Å². The van der Waals surface area contributed by atoms with Crippen molar-refractivity contribution in [3.63, 3.8) is 0 Å². The van der Waals surface area contributed by atoms with Crippen LogP contribution in [0.25, 0.3) is 0 Å². The van der Waals surface area contributed by atoms with Crippen LogP contribution in [0.15, 0.2) is 24.3 Å². The molecule has 2 rings (SSSR count). The number of rotatable bonds is 5. The molecule has 0 bridgehead atoms. The van der Waals surface area contributed by atoms with Crippen LogP contribution >= 0.6 is 0 Å². The van der Waals surface area contributed by atoms with Crippen molar-refractivity contribution in [1.82, 2.24) is 0 Å². The minimum absolute atomic E-state index is 0.000923. The maximum atomic E-state index is 12.3. The minimum atomic E-state index is -1.10. The molecule has 1 aromatic rings. The van der Waals surface area contributed by atoms with E-state index in [2.05, 4.69) is 0 Å². The van der Waals surface area contributed by atoms with Crippen molar-refractivity contribution in [2.45, 2.75) is 51.6 Å². The molecule has 1 saturated carbocycles. The summed E-state index contributed by atoms with van der Waals surface area (Å²) in [4.78, 5) is 23.5. The summed E-state index contributed by atoms with van der Waals surface area (Å²) in [5, 5.41) is 9.15. The molecule has 4 heteroatoms. The number of carbonyl (C=O) groups is 2. The number of esters is 1. The molecule has 0 radical (unpaired) electrons. The van der Waals surface area contributed by atoms with Crippen molar-refractivity contribution in [1.29, 1.82) is 0 Å². The average molecular weight is 290 g/mol. The Morgan fingerprint density at radius 2 is 1.81 bits per heavy atom. The highest BCUT2D eigenvalue weighted by Crippen LogP contribution is 2.30. The van der Waals surface area contributed by atoms with Crippen molar-refractivity contribution in [3.8, 4) is 0 Å². The fourth-order valence-corrected chi connectivity index (χ4v) is 3.07. The largest absolute Gasteiger partial charge is 0.478 e. The van der Waals surface area contributed by atoms with Gasteiger partial charge in [0, 0.05) is 0 Å². The smallest absolute Gasteiger partial charge is 0.339 e. The molecule has 1 fully saturated rings. The predicted molar refractivity (Wildman–Crippen MR) is 79.5 cm³/mol. The molecule has 0 heterocycles. The van der Waals surface area contributed by atoms with Gasteiger partial charge in [0.15, 0.2) is 0 Å². The van der Waals surface area contributed by atoms with Crippen molar-refractivity contribution < 1.29 is 19.4 Å². The summed E-state index contributed by atoms with van der Waals surface area (Å²) in [6, 6.07) is 6.21. The van der Waals surface area contributed by atoms with Crippen LogP contribution in [-0.4, -0.2) is 23.1 Å². The Bertz CT molecular complexity index is 503. The topological polar surface area (TPSA) is 63.6 Å². The molecule has 21 heavy (non-hydrogen) atoms. The van der Waals surface area contributed by atoms with E-state index >= 15 is 0 Å². The third-order valence-electron chi connectivity index (χ3n) is 4.21. The standard InChI is InChI=1S/C17H22O4/c1-2-15(12-8-4-3-5-9-12)21-17(20)14-11-7-6-10-13(14)16(18)19/h6-7,10-12,15H,2-5,8-9H2,1H3,(H,18,19)/t15-/m1/s1. The van der Waals surface area contributed by atoms with Gasteiger partial charge < -0.3 is 9.84 Å². The lowest BCUT2D eigenvalue weighted by molar-refractivity contribution is 0.00615. The summed E-state index contributed by atoms with van der Waals surface area (Å²) < 4.78 is 5.61. The molecule has 1 aliphatic rings. The first-order valence-electron chi connectivity index (χ1n) is 7.66. The van der Waals surface area contributed by atoms with Gasteiger partial charge in [0.25, 0.3) is 0 Å². The Balaban J connectivity index is 2.10. The van der Waals surface area contributed by atoms with Gasteiger partial charge in [-0.15, -0.1) is 0 Å². The van der Waals surface area contributed by atoms with E-state index in [4.69, 9.17) is 9.84 Å². The van der Waals surface area contributed by atoms with Crippen molar-refractivity contribution >= 4 is 11.9 Å². The maximum absolute atomic E-state index is 12.3. The molecule has 114 valence electrons. The molecule has 0 aliphatic heterocycles. The van der Waals surface area contributed by atoms with Crippen LogP contribution in [0.3, 0.4) is 0 Å². The lowest BCUT2D eigenvalue weighted by atomic mass is 9.84. The fraction of sp³-hybridized carbons (Fsp3) is 0.529. The Kier molecular flexibility index (Phi) is 5.37. The lowest BCUT2D eigenvalue weighted by Gasteiger charge is -2.29. The molecule has 0 aromatic heterocycles. The predicted octanol–water partition coefficient (Wildman–Crippen LogP) is 3.90. The monoisotopic (exact) mass is 290 g/mol. The van der Waals surface area contributed by atoms with Crippen LogP contribution in [-0.2, 0) is 4.74 Å². The molecule has 1 N–H and O–H groups in total. The lowest BCUT2D eigenvalue weighted by Crippen LogP contribution is -2.28. The van der Waals surface area contributed by atoms with Gasteiger partial charge in [0.2, 0.25) is 0 Å². The zero-order valence-corrected chi connectivity index (χ0v) is 12.4. The summed E-state index contributed by atoms with van der Waals surface area (Å²) in [7, 11) is 0. The first kappa shape index (κ1) is 15.5. The number of carboxylic acids is 1. The molecule has 0 saturated heterocycles. The number of hydrogen-bond acceptors (Lipinski definition) is 3. The van der Waals surface area contributed by atoms with E-state index in [9.17, 15) is 9.59 Å². The van der Waals surface area contributed by atoms with Crippen LogP contribution in [0, 0.1) is 5.92 Å². The number of aromatic carboxylic acids is 1. The second-order valence-corrected chi connectivity index (χ2v) is 5.60. The molecule has 1 aliphatic carbocycles. The molecule has 0 unspecified atom stereocenters. The van der Waals surface area contributed by atoms with Crippen LogP contribution < -0.4 is 0 Å². The number of carboxylic acid groups (broad SMARTS) is 1. The first-order valence-corrected chi connectivity index (χ1v) is 7.66. The summed E-state index contributed by atoms with van der Waals surface area (Å²) in [5.41, 5.74) is 0.139. The number of carbonyl (C=O) groups excluding carboxylic acids is 1. The van der Waals surface area contributed by atoms with Gasteiger partial charge in [-0.2, -0.15) is 0 Å². The van der Waals surface area contributed by atoms with Crippen LogP contribution in [0.1, 0.15) is 66.2 Å². The van der Waals surface area contributed by atoms with Gasteiger partial charge in [-0.05, 0) is 37.3 Å². The summed E-state index contributed by atoms with van der Waals surface area (Å²) in [5.74, 6) is -1.22. The van der Waals surface area contributed by atoms with E-state index < -0.39 is 11.9 Å². The van der Waals surface area contributed by atoms with E-state index in [-0.39, 0.29) is 17.2 Å². The van der Waals surface area contributed by atoms with Gasteiger partial charge in [0.05, 0.1) is 11.1 Å². The quantitative estimate of drug-likeness (QED) is 0.835. The van der Waals surface area contributed by atoms with Gasteiger partial charge >= 0.3 is 11.9 Å². The molecule has 0 spiro atoms. The molecular formula is C17H22O4. The third-order valence-corrected chi connectivity index (χ3v) is 4.21. The Morgan fingerprint density at radius 1 is 1.19 bits per heavy atom. The van der Waals surface area contributed by atoms with E-state index in [1.54, 1.807) is 12.1 Å². The third kappa shape index (κ3) is 3.84. The minimum Gasteiger partial charge on any atom is -0.478 e. The highest BCUT2D eigenvalue weighted by molar-refractivity contribution is 6.02. The fourth-order valence-electron chi connectivity index (χ4n) is 3.07. The zero-order chi connectivity index (χ0) is 15.2. The molecule has 4 nitrogen and oxygen atoms in total. The van der Waals surface area contributed by atoms with Crippen LogP contribution in [0.4, 0.5) is 0 Å². The van der Waals surface area contributed by atoms with Crippen molar-refractivity contribution in [2.24, 2.45) is 5.92 Å². The highest BCUT2D eigenvalue weighted by atomic mass is 16.5. The van der Waals surface area contributed by atoms with Crippen LogP contribution in [0.5, 0.6) is 0 Å². The Hall–Kier alpha value is -1.84. The average Bonchev–Trinajstić information content (AvgIpc) is 2.53. The van der Waals surface area contributed by atoms with E-state index in [1.807, 2.05) is 6.92 Å². The van der Waals surface area contributed by atoms with Gasteiger partial charge in [0.1, 0.15) is 6.10 Å². The molecule has 0 amide bonds. The second kappa shape index (κ2) is 7.25. The molecular weight excluding hydrogens is 268 g/mol. The Labute approximate surface area is 125 Å². The van der Waals surface area contributed by atoms with Gasteiger partial charge in [-0.3, -0.25) is 0 Å². The SMILES string of the molecule is CC[C@@H](OC(=O)c1ccccc1C(=O)O)C1CCCCC1. The summed E-state index contributed by atoms with van der Waals surface area (Å²) in [6.45, 7) is 2.01. The second-order valence-electron chi connectivity index (χ2n) is 5.60. The molecule has 1 atom stereocenters. The zero-order valence-electron chi connectivity index (χ0n) is 12.4. The van der Waals surface area contributed by atoms with Gasteiger partial charge in [-0.1, -0.05) is 38.3 Å². The normalized spacial score (nSPS) is 17.2. The summed E-state index contributed by atoms with van der Waals surface area (Å²) in [6.07, 6.45) is 6.46.